The Morgan fingerprint density at radius 3 is 2.73 bits per heavy atom. The predicted octanol–water partition coefficient (Wildman–Crippen LogP) is 6.44. The molecule has 0 aliphatic carbocycles. The van der Waals surface area contributed by atoms with Crippen LogP contribution in [0.5, 0.6) is 11.5 Å². The number of halogens is 2. The third kappa shape index (κ3) is 4.32. The Bertz CT molecular complexity index is 1450. The molecule has 5 rings (SSSR count). The first-order valence-electron chi connectivity index (χ1n) is 9.80. The van der Waals surface area contributed by atoms with Gasteiger partial charge in [-0.1, -0.05) is 41.4 Å². The van der Waals surface area contributed by atoms with Gasteiger partial charge in [-0.15, -0.1) is 11.3 Å². The number of ether oxygens (including phenoxy) is 2. The fourth-order valence-corrected chi connectivity index (χ4v) is 4.82. The Labute approximate surface area is 202 Å². The number of thiazole rings is 1. The lowest BCUT2D eigenvalue weighted by molar-refractivity contribution is -0.384. The second-order valence-electron chi connectivity index (χ2n) is 7.16. The van der Waals surface area contributed by atoms with Crippen LogP contribution < -0.4 is 14.3 Å². The highest BCUT2D eigenvalue weighted by molar-refractivity contribution is 7.07. The summed E-state index contributed by atoms with van der Waals surface area (Å²) in [5.41, 5.74) is 2.68. The maximum atomic E-state index is 11.5. The minimum absolute atomic E-state index is 0.0668. The Kier molecular flexibility index (Phi) is 5.80. The summed E-state index contributed by atoms with van der Waals surface area (Å²) < 4.78 is 12.9. The normalized spacial score (nSPS) is 12.8. The smallest absolute Gasteiger partial charge is 0.294 e. The number of hydrogen-bond acceptors (Lipinski definition) is 6. The van der Waals surface area contributed by atoms with Crippen molar-refractivity contribution < 1.29 is 14.4 Å². The van der Waals surface area contributed by atoms with Crippen LogP contribution in [0.15, 0.2) is 71.0 Å². The van der Waals surface area contributed by atoms with Crippen molar-refractivity contribution in [3.05, 3.63) is 96.6 Å². The molecule has 1 aromatic heterocycles. The molecule has 0 bridgehead atoms. The summed E-state index contributed by atoms with van der Waals surface area (Å²) in [6.07, 6.45) is 0. The summed E-state index contributed by atoms with van der Waals surface area (Å²) in [6.45, 7) is 0.615. The summed E-state index contributed by atoms with van der Waals surface area (Å²) in [4.78, 5) is 16.3. The number of aromatic nitrogens is 1. The Hall–Kier alpha value is -3.33. The number of para-hydroxylation sites is 2. The third-order valence-electron chi connectivity index (χ3n) is 5.07. The van der Waals surface area contributed by atoms with Gasteiger partial charge in [0.05, 0.1) is 22.2 Å². The number of rotatable bonds is 5. The molecule has 3 aromatic carbocycles. The van der Waals surface area contributed by atoms with Crippen molar-refractivity contribution in [2.24, 2.45) is 4.99 Å². The fraction of sp³-hybridized carbons (Fsp3) is 0.0870. The van der Waals surface area contributed by atoms with E-state index >= 15 is 0 Å². The fourth-order valence-electron chi connectivity index (χ4n) is 3.52. The van der Waals surface area contributed by atoms with Gasteiger partial charge in [0.2, 0.25) is 6.79 Å². The molecule has 33 heavy (non-hydrogen) atoms. The average molecular weight is 500 g/mol. The van der Waals surface area contributed by atoms with E-state index < -0.39 is 4.92 Å². The van der Waals surface area contributed by atoms with Gasteiger partial charge < -0.3 is 14.0 Å². The summed E-state index contributed by atoms with van der Waals surface area (Å²) in [7, 11) is 0. The van der Waals surface area contributed by atoms with E-state index in [0.29, 0.717) is 32.9 Å². The van der Waals surface area contributed by atoms with Crippen LogP contribution in [0, 0.1) is 10.1 Å². The third-order valence-corrected chi connectivity index (χ3v) is 6.50. The average Bonchev–Trinajstić information content (AvgIpc) is 3.43. The first kappa shape index (κ1) is 21.5. The highest BCUT2D eigenvalue weighted by Gasteiger charge is 2.17. The molecule has 0 saturated heterocycles. The molecule has 0 spiro atoms. The molecule has 4 aromatic rings. The molecular formula is C23H15Cl2N3O4S. The van der Waals surface area contributed by atoms with Gasteiger partial charge in [-0.05, 0) is 42.0 Å². The SMILES string of the molecule is O=[N+]([O-])c1ccccc1N=c1scc(-c2cc(Cl)ccc2Cl)n1Cc1ccc2c(c1)OCO2. The van der Waals surface area contributed by atoms with Crippen molar-refractivity contribution in [3.63, 3.8) is 0 Å². The number of fused-ring (bicyclic) bond motifs is 1. The zero-order chi connectivity index (χ0) is 22.9. The molecule has 0 radical (unpaired) electrons. The van der Waals surface area contributed by atoms with Gasteiger partial charge in [0.15, 0.2) is 16.3 Å². The van der Waals surface area contributed by atoms with Crippen molar-refractivity contribution in [1.82, 2.24) is 4.57 Å². The molecule has 10 heteroatoms. The largest absolute Gasteiger partial charge is 0.454 e. The monoisotopic (exact) mass is 499 g/mol. The van der Waals surface area contributed by atoms with Crippen LogP contribution in [0.4, 0.5) is 11.4 Å². The number of nitro groups is 1. The van der Waals surface area contributed by atoms with Crippen LogP contribution in [0.25, 0.3) is 11.3 Å². The lowest BCUT2D eigenvalue weighted by atomic mass is 10.1. The van der Waals surface area contributed by atoms with Gasteiger partial charge in [0.1, 0.15) is 5.69 Å². The van der Waals surface area contributed by atoms with Gasteiger partial charge >= 0.3 is 0 Å². The maximum absolute atomic E-state index is 11.5. The Balaban J connectivity index is 1.68. The highest BCUT2D eigenvalue weighted by atomic mass is 35.5. The zero-order valence-corrected chi connectivity index (χ0v) is 19.2. The standard InChI is InChI=1S/C23H15Cl2N3O4S/c24-15-6-7-17(25)16(10-15)20-12-33-23(26-18-3-1-2-4-19(18)28(29)30)27(20)11-14-5-8-21-22(9-14)32-13-31-21/h1-10,12H,11,13H2. The lowest BCUT2D eigenvalue weighted by Gasteiger charge is -2.12. The van der Waals surface area contributed by atoms with Gasteiger partial charge in [-0.2, -0.15) is 0 Å². The first-order valence-corrected chi connectivity index (χ1v) is 11.4. The quantitative estimate of drug-likeness (QED) is 0.233. The van der Waals surface area contributed by atoms with Crippen molar-refractivity contribution in [2.45, 2.75) is 6.54 Å². The summed E-state index contributed by atoms with van der Waals surface area (Å²) in [5, 5.41) is 14.5. The highest BCUT2D eigenvalue weighted by Crippen LogP contribution is 2.35. The van der Waals surface area contributed by atoms with Gasteiger partial charge in [-0.25, -0.2) is 4.99 Å². The Morgan fingerprint density at radius 2 is 1.88 bits per heavy atom. The van der Waals surface area contributed by atoms with Crippen LogP contribution in [0.1, 0.15) is 5.56 Å². The second kappa shape index (κ2) is 8.90. The van der Waals surface area contributed by atoms with E-state index in [1.807, 2.05) is 28.1 Å². The molecule has 1 aliphatic heterocycles. The number of benzene rings is 3. The molecule has 0 saturated carbocycles. The van der Waals surface area contributed by atoms with Gasteiger partial charge in [0.25, 0.3) is 5.69 Å². The predicted molar refractivity (Wildman–Crippen MR) is 128 cm³/mol. The molecule has 166 valence electrons. The van der Waals surface area contributed by atoms with E-state index in [2.05, 4.69) is 4.99 Å². The van der Waals surface area contributed by atoms with E-state index in [1.165, 1.54) is 17.4 Å². The van der Waals surface area contributed by atoms with E-state index in [9.17, 15) is 10.1 Å². The molecule has 0 unspecified atom stereocenters. The van der Waals surface area contributed by atoms with Crippen LogP contribution in [0.3, 0.4) is 0 Å². The molecular weight excluding hydrogens is 485 g/mol. The van der Waals surface area contributed by atoms with Crippen molar-refractivity contribution in [3.8, 4) is 22.8 Å². The van der Waals surface area contributed by atoms with E-state index in [1.54, 1.807) is 36.4 Å². The number of nitrogens with zero attached hydrogens (tertiary/aromatic N) is 3. The topological polar surface area (TPSA) is 78.9 Å². The molecule has 0 amide bonds. The summed E-state index contributed by atoms with van der Waals surface area (Å²) in [6, 6.07) is 17.3. The van der Waals surface area contributed by atoms with Crippen molar-refractivity contribution in [1.29, 1.82) is 0 Å². The summed E-state index contributed by atoms with van der Waals surface area (Å²) >= 11 is 14.1. The second-order valence-corrected chi connectivity index (χ2v) is 8.84. The zero-order valence-electron chi connectivity index (χ0n) is 16.9. The van der Waals surface area contributed by atoms with Gasteiger partial charge in [0, 0.05) is 22.0 Å². The molecule has 0 fully saturated rings. The molecule has 0 atom stereocenters. The molecule has 1 aliphatic rings. The van der Waals surface area contributed by atoms with Crippen LogP contribution in [-0.2, 0) is 6.54 Å². The van der Waals surface area contributed by atoms with Crippen LogP contribution >= 0.6 is 34.5 Å². The lowest BCUT2D eigenvalue weighted by Crippen LogP contribution is -2.17. The number of hydrogen-bond donors (Lipinski definition) is 0. The van der Waals surface area contributed by atoms with E-state index in [0.717, 1.165) is 16.8 Å². The van der Waals surface area contributed by atoms with Crippen LogP contribution in [0.2, 0.25) is 10.0 Å². The minimum atomic E-state index is -0.441. The van der Waals surface area contributed by atoms with Crippen molar-refractivity contribution >= 4 is 45.9 Å². The van der Waals surface area contributed by atoms with Gasteiger partial charge in [-0.3, -0.25) is 10.1 Å². The van der Waals surface area contributed by atoms with E-state index in [-0.39, 0.29) is 18.2 Å². The summed E-state index contributed by atoms with van der Waals surface area (Å²) in [5.74, 6) is 1.36. The maximum Gasteiger partial charge on any atom is 0.294 e. The Morgan fingerprint density at radius 1 is 1.06 bits per heavy atom. The molecule has 0 N–H and O–H groups in total. The molecule has 7 nitrogen and oxygen atoms in total. The number of nitro benzene ring substituents is 1. The minimum Gasteiger partial charge on any atom is -0.454 e. The first-order chi connectivity index (χ1) is 16.0. The van der Waals surface area contributed by atoms with Crippen LogP contribution in [-0.4, -0.2) is 16.3 Å². The molecule has 2 heterocycles. The van der Waals surface area contributed by atoms with E-state index in [4.69, 9.17) is 32.7 Å². The van der Waals surface area contributed by atoms with Crippen molar-refractivity contribution in [2.75, 3.05) is 6.79 Å².